The Kier molecular flexibility index (Phi) is 4.16. The number of quaternary nitrogens is 1. The molecular formula is C19H26N3O+. The second-order valence-corrected chi connectivity index (χ2v) is 7.05. The van der Waals surface area contributed by atoms with E-state index in [0.29, 0.717) is 5.56 Å². The lowest BCUT2D eigenvalue weighted by Gasteiger charge is -2.38. The standard InChI is InChI=1S/C19H26N3O/c1-4-22(9-5-6-10-22)17-7-8-21(19(17)23)18-14(2)11-16(13-20)12-15(18)3/h11-12,17H,4-10H2,1-3H3/q+1. The predicted molar refractivity (Wildman–Crippen MR) is 91.2 cm³/mol. The highest BCUT2D eigenvalue weighted by atomic mass is 16.2. The van der Waals surface area contributed by atoms with Crippen molar-refractivity contribution in [3.63, 3.8) is 0 Å². The molecule has 0 aliphatic carbocycles. The lowest BCUT2D eigenvalue weighted by Crippen LogP contribution is -2.56. The van der Waals surface area contributed by atoms with Gasteiger partial charge in [-0.2, -0.15) is 5.26 Å². The molecule has 0 spiro atoms. The average molecular weight is 312 g/mol. The Morgan fingerprint density at radius 1 is 1.26 bits per heavy atom. The van der Waals surface area contributed by atoms with E-state index in [4.69, 9.17) is 5.26 Å². The molecule has 0 aromatic heterocycles. The van der Waals surface area contributed by atoms with E-state index >= 15 is 0 Å². The van der Waals surface area contributed by atoms with E-state index in [0.717, 1.165) is 53.9 Å². The summed E-state index contributed by atoms with van der Waals surface area (Å²) in [7, 11) is 0. The zero-order valence-electron chi connectivity index (χ0n) is 14.4. The summed E-state index contributed by atoms with van der Waals surface area (Å²) < 4.78 is 0.976. The number of hydrogen-bond acceptors (Lipinski definition) is 2. The Morgan fingerprint density at radius 3 is 2.39 bits per heavy atom. The molecule has 2 aliphatic rings. The number of amides is 1. The van der Waals surface area contributed by atoms with Crippen LogP contribution in [0, 0.1) is 25.2 Å². The molecule has 2 heterocycles. The summed E-state index contributed by atoms with van der Waals surface area (Å²) in [5.41, 5.74) is 3.74. The summed E-state index contributed by atoms with van der Waals surface area (Å²) in [4.78, 5) is 15.1. The second-order valence-electron chi connectivity index (χ2n) is 7.05. The molecule has 1 atom stereocenters. The van der Waals surface area contributed by atoms with E-state index in [1.807, 2.05) is 30.9 Å². The van der Waals surface area contributed by atoms with Gasteiger partial charge in [-0.25, -0.2) is 0 Å². The van der Waals surface area contributed by atoms with Gasteiger partial charge < -0.3 is 9.38 Å². The van der Waals surface area contributed by atoms with Crippen LogP contribution in [0.4, 0.5) is 5.69 Å². The van der Waals surface area contributed by atoms with E-state index < -0.39 is 0 Å². The first-order chi connectivity index (χ1) is 11.0. The summed E-state index contributed by atoms with van der Waals surface area (Å²) in [6, 6.07) is 6.11. The molecule has 1 amide bonds. The van der Waals surface area contributed by atoms with E-state index in [-0.39, 0.29) is 11.9 Å². The maximum atomic E-state index is 13.2. The molecule has 1 aromatic carbocycles. The van der Waals surface area contributed by atoms with Crippen LogP contribution in [0.15, 0.2) is 12.1 Å². The summed E-state index contributed by atoms with van der Waals surface area (Å²) in [5.74, 6) is 0.282. The van der Waals surface area contributed by atoms with E-state index in [1.165, 1.54) is 12.8 Å². The average Bonchev–Trinajstić information content (AvgIpc) is 3.15. The number of carbonyl (C=O) groups is 1. The van der Waals surface area contributed by atoms with Gasteiger partial charge in [0.1, 0.15) is 0 Å². The van der Waals surface area contributed by atoms with Gasteiger partial charge in [-0.05, 0) is 44.0 Å². The Labute approximate surface area is 138 Å². The Balaban J connectivity index is 1.92. The molecule has 0 saturated carbocycles. The van der Waals surface area contributed by atoms with Gasteiger partial charge in [0.2, 0.25) is 0 Å². The van der Waals surface area contributed by atoms with Crippen molar-refractivity contribution in [2.24, 2.45) is 0 Å². The van der Waals surface area contributed by atoms with Crippen molar-refractivity contribution in [3.8, 4) is 6.07 Å². The van der Waals surface area contributed by atoms with Gasteiger partial charge in [0, 0.05) is 31.5 Å². The van der Waals surface area contributed by atoms with E-state index in [9.17, 15) is 4.79 Å². The van der Waals surface area contributed by atoms with Gasteiger partial charge in [0.15, 0.2) is 6.04 Å². The molecular weight excluding hydrogens is 286 g/mol. The maximum absolute atomic E-state index is 13.2. The SMILES string of the molecule is CC[N+]1(C2CCN(c3c(C)cc(C#N)cc3C)C2=O)CCCC1. The maximum Gasteiger partial charge on any atom is 0.285 e. The smallest absolute Gasteiger partial charge is 0.285 e. The number of rotatable bonds is 3. The van der Waals surface area contributed by atoms with Gasteiger partial charge in [-0.1, -0.05) is 0 Å². The number of likely N-dealkylation sites (tertiary alicyclic amines) is 1. The van der Waals surface area contributed by atoms with Crippen molar-refractivity contribution in [1.29, 1.82) is 5.26 Å². The third-order valence-electron chi connectivity index (χ3n) is 5.82. The molecule has 4 heteroatoms. The van der Waals surface area contributed by atoms with Gasteiger partial charge in [0.05, 0.1) is 31.3 Å². The second kappa shape index (κ2) is 5.98. The molecule has 0 radical (unpaired) electrons. The molecule has 3 rings (SSSR count). The fourth-order valence-electron chi connectivity index (χ4n) is 4.65. The van der Waals surface area contributed by atoms with Crippen LogP contribution < -0.4 is 4.90 Å². The third-order valence-corrected chi connectivity index (χ3v) is 5.82. The zero-order chi connectivity index (χ0) is 16.6. The van der Waals surface area contributed by atoms with Crippen molar-refractivity contribution >= 4 is 11.6 Å². The number of carbonyl (C=O) groups excluding carboxylic acids is 1. The summed E-state index contributed by atoms with van der Waals surface area (Å²) in [5, 5.41) is 9.11. The van der Waals surface area contributed by atoms with Crippen molar-refractivity contribution < 1.29 is 9.28 Å². The van der Waals surface area contributed by atoms with E-state index in [2.05, 4.69) is 13.0 Å². The van der Waals surface area contributed by atoms with Crippen LogP contribution in [-0.4, -0.2) is 42.6 Å². The Hall–Kier alpha value is -1.86. The quantitative estimate of drug-likeness (QED) is 0.806. The fraction of sp³-hybridized carbons (Fsp3) is 0.579. The molecule has 0 N–H and O–H groups in total. The monoisotopic (exact) mass is 312 g/mol. The number of nitrogens with zero attached hydrogens (tertiary/aromatic N) is 3. The molecule has 0 bridgehead atoms. The van der Waals surface area contributed by atoms with Crippen molar-refractivity contribution in [3.05, 3.63) is 28.8 Å². The van der Waals surface area contributed by atoms with Crippen LogP contribution in [0.5, 0.6) is 0 Å². The number of benzene rings is 1. The van der Waals surface area contributed by atoms with Gasteiger partial charge >= 0.3 is 0 Å². The van der Waals surface area contributed by atoms with Crippen molar-refractivity contribution in [2.45, 2.75) is 46.1 Å². The minimum Gasteiger partial charge on any atom is -0.314 e. The van der Waals surface area contributed by atoms with Crippen LogP contribution in [0.1, 0.15) is 42.9 Å². The van der Waals surface area contributed by atoms with Gasteiger partial charge in [-0.3, -0.25) is 4.79 Å². The van der Waals surface area contributed by atoms with Crippen LogP contribution in [0.3, 0.4) is 0 Å². The molecule has 2 aliphatic heterocycles. The minimum atomic E-state index is 0.122. The molecule has 122 valence electrons. The zero-order valence-corrected chi connectivity index (χ0v) is 14.4. The van der Waals surface area contributed by atoms with Crippen molar-refractivity contribution in [1.82, 2.24) is 0 Å². The first-order valence-electron chi connectivity index (χ1n) is 8.71. The number of hydrogen-bond donors (Lipinski definition) is 0. The molecule has 4 nitrogen and oxygen atoms in total. The lowest BCUT2D eigenvalue weighted by atomic mass is 10.0. The highest BCUT2D eigenvalue weighted by Crippen LogP contribution is 2.35. The van der Waals surface area contributed by atoms with Crippen LogP contribution in [0.2, 0.25) is 0 Å². The van der Waals surface area contributed by atoms with Crippen molar-refractivity contribution in [2.75, 3.05) is 31.1 Å². The Bertz CT molecular complexity index is 645. The third kappa shape index (κ3) is 2.53. The van der Waals surface area contributed by atoms with Gasteiger partial charge in [-0.15, -0.1) is 0 Å². The van der Waals surface area contributed by atoms with Crippen LogP contribution in [-0.2, 0) is 4.79 Å². The van der Waals surface area contributed by atoms with Crippen LogP contribution >= 0.6 is 0 Å². The first-order valence-corrected chi connectivity index (χ1v) is 8.71. The fourth-order valence-corrected chi connectivity index (χ4v) is 4.65. The molecule has 23 heavy (non-hydrogen) atoms. The van der Waals surface area contributed by atoms with E-state index in [1.54, 1.807) is 0 Å². The summed E-state index contributed by atoms with van der Waals surface area (Å²) in [6.45, 7) is 10.4. The number of nitriles is 1. The summed E-state index contributed by atoms with van der Waals surface area (Å²) >= 11 is 0. The normalized spacial score (nSPS) is 23.3. The molecule has 2 fully saturated rings. The largest absolute Gasteiger partial charge is 0.314 e. The highest BCUT2D eigenvalue weighted by Gasteiger charge is 2.48. The number of anilines is 1. The lowest BCUT2D eigenvalue weighted by molar-refractivity contribution is -0.929. The number of likely N-dealkylation sites (N-methyl/N-ethyl adjacent to an activating group) is 1. The molecule has 2 saturated heterocycles. The Morgan fingerprint density at radius 2 is 1.87 bits per heavy atom. The number of aryl methyl sites for hydroxylation is 2. The van der Waals surface area contributed by atoms with Crippen LogP contribution in [0.25, 0.3) is 0 Å². The summed E-state index contributed by atoms with van der Waals surface area (Å²) in [6.07, 6.45) is 3.44. The minimum absolute atomic E-state index is 0.122. The first kappa shape index (κ1) is 16.0. The van der Waals surface area contributed by atoms with Gasteiger partial charge in [0.25, 0.3) is 5.91 Å². The highest BCUT2D eigenvalue weighted by molar-refractivity contribution is 6.00. The molecule has 1 aromatic rings. The molecule has 1 unspecified atom stereocenters. The predicted octanol–water partition coefficient (Wildman–Crippen LogP) is 2.91. The topological polar surface area (TPSA) is 44.1 Å².